The van der Waals surface area contributed by atoms with Crippen molar-refractivity contribution in [2.24, 2.45) is 7.05 Å². The lowest BCUT2D eigenvalue weighted by Crippen LogP contribution is -2.21. The Hall–Kier alpha value is -2.37. The number of nitrogens with one attached hydrogen (secondary N) is 1. The van der Waals surface area contributed by atoms with Crippen LogP contribution in [0.5, 0.6) is 5.88 Å². The van der Waals surface area contributed by atoms with Crippen molar-refractivity contribution < 1.29 is 4.74 Å². The van der Waals surface area contributed by atoms with Crippen molar-refractivity contribution in [1.29, 1.82) is 0 Å². The van der Waals surface area contributed by atoms with E-state index in [0.29, 0.717) is 18.2 Å². The summed E-state index contributed by atoms with van der Waals surface area (Å²) in [6.45, 7) is 0.489. The van der Waals surface area contributed by atoms with Gasteiger partial charge in [-0.2, -0.15) is 0 Å². The van der Waals surface area contributed by atoms with Gasteiger partial charge in [0, 0.05) is 38.2 Å². The predicted molar refractivity (Wildman–Crippen MR) is 67.6 cm³/mol. The molecule has 0 unspecified atom stereocenters. The third-order valence-corrected chi connectivity index (χ3v) is 2.48. The van der Waals surface area contributed by atoms with Crippen molar-refractivity contribution in [2.75, 3.05) is 12.4 Å². The van der Waals surface area contributed by atoms with E-state index in [4.69, 9.17) is 4.74 Å². The lowest BCUT2D eigenvalue weighted by atomic mass is 10.3. The standard InChI is InChI=1S/C12H14N4O2/c1-16-6-5-13-11(12(16)17)15-8-9-3-4-10(18-2)14-7-9/h3-7H,8H2,1-2H3,(H,13,15). The van der Waals surface area contributed by atoms with Gasteiger partial charge in [-0.1, -0.05) is 6.07 Å². The summed E-state index contributed by atoms with van der Waals surface area (Å²) >= 11 is 0. The second-order valence-corrected chi connectivity index (χ2v) is 3.75. The highest BCUT2D eigenvalue weighted by molar-refractivity contribution is 5.32. The molecule has 0 bridgehead atoms. The van der Waals surface area contributed by atoms with Gasteiger partial charge in [0.15, 0.2) is 5.82 Å². The van der Waals surface area contributed by atoms with E-state index in [1.54, 1.807) is 38.8 Å². The predicted octanol–water partition coefficient (Wildman–Crippen LogP) is 0.796. The molecule has 0 fully saturated rings. The van der Waals surface area contributed by atoms with Gasteiger partial charge < -0.3 is 14.6 Å². The summed E-state index contributed by atoms with van der Waals surface area (Å²) in [5, 5.41) is 2.98. The van der Waals surface area contributed by atoms with Gasteiger partial charge in [0.25, 0.3) is 5.56 Å². The van der Waals surface area contributed by atoms with Crippen LogP contribution in [-0.4, -0.2) is 21.6 Å². The van der Waals surface area contributed by atoms with Crippen LogP contribution >= 0.6 is 0 Å². The molecule has 6 nitrogen and oxygen atoms in total. The van der Waals surface area contributed by atoms with E-state index in [0.717, 1.165) is 5.56 Å². The van der Waals surface area contributed by atoms with Gasteiger partial charge in [-0.25, -0.2) is 9.97 Å². The summed E-state index contributed by atoms with van der Waals surface area (Å²) in [6, 6.07) is 3.65. The fourth-order valence-corrected chi connectivity index (χ4v) is 1.44. The molecule has 0 amide bonds. The van der Waals surface area contributed by atoms with Crippen molar-refractivity contribution >= 4 is 5.82 Å². The Kier molecular flexibility index (Phi) is 3.57. The number of nitrogens with zero attached hydrogens (tertiary/aromatic N) is 3. The van der Waals surface area contributed by atoms with Crippen LogP contribution in [0.4, 0.5) is 5.82 Å². The highest BCUT2D eigenvalue weighted by Crippen LogP contribution is 2.07. The molecule has 0 spiro atoms. The largest absolute Gasteiger partial charge is 0.481 e. The molecule has 0 saturated heterocycles. The average Bonchev–Trinajstić information content (AvgIpc) is 2.41. The third-order valence-electron chi connectivity index (χ3n) is 2.48. The summed E-state index contributed by atoms with van der Waals surface area (Å²) in [5.74, 6) is 0.892. The molecule has 6 heteroatoms. The topological polar surface area (TPSA) is 69.0 Å². The number of ether oxygens (including phenoxy) is 1. The first-order chi connectivity index (χ1) is 8.70. The lowest BCUT2D eigenvalue weighted by molar-refractivity contribution is 0.397. The Labute approximate surface area is 104 Å². The molecule has 2 aromatic heterocycles. The maximum atomic E-state index is 11.7. The molecule has 18 heavy (non-hydrogen) atoms. The van der Waals surface area contributed by atoms with Crippen LogP contribution in [0.25, 0.3) is 0 Å². The minimum absolute atomic E-state index is 0.154. The number of hydrogen-bond donors (Lipinski definition) is 1. The Balaban J connectivity index is 2.07. The second kappa shape index (κ2) is 5.31. The Bertz CT molecular complexity index is 577. The van der Waals surface area contributed by atoms with Gasteiger partial charge in [-0.3, -0.25) is 4.79 Å². The first-order valence-electron chi connectivity index (χ1n) is 5.45. The fraction of sp³-hybridized carbons (Fsp3) is 0.250. The maximum Gasteiger partial charge on any atom is 0.293 e. The van der Waals surface area contributed by atoms with Gasteiger partial charge in [-0.05, 0) is 5.56 Å². The maximum absolute atomic E-state index is 11.7. The van der Waals surface area contributed by atoms with E-state index >= 15 is 0 Å². The number of hydrogen-bond acceptors (Lipinski definition) is 5. The highest BCUT2D eigenvalue weighted by Gasteiger charge is 2.02. The van der Waals surface area contributed by atoms with Crippen molar-refractivity contribution in [1.82, 2.24) is 14.5 Å². The second-order valence-electron chi connectivity index (χ2n) is 3.75. The number of aryl methyl sites for hydroxylation is 1. The van der Waals surface area contributed by atoms with Crippen molar-refractivity contribution in [2.45, 2.75) is 6.54 Å². The zero-order valence-electron chi connectivity index (χ0n) is 10.3. The Morgan fingerprint density at radius 3 is 2.89 bits per heavy atom. The summed E-state index contributed by atoms with van der Waals surface area (Å²) in [7, 11) is 3.25. The van der Waals surface area contributed by atoms with E-state index in [2.05, 4.69) is 15.3 Å². The van der Waals surface area contributed by atoms with E-state index in [-0.39, 0.29) is 5.56 Å². The first-order valence-corrected chi connectivity index (χ1v) is 5.45. The van der Waals surface area contributed by atoms with Gasteiger partial charge >= 0.3 is 0 Å². The van der Waals surface area contributed by atoms with E-state index in [1.807, 2.05) is 6.07 Å². The van der Waals surface area contributed by atoms with Gasteiger partial charge in [0.2, 0.25) is 5.88 Å². The zero-order chi connectivity index (χ0) is 13.0. The Morgan fingerprint density at radius 1 is 1.39 bits per heavy atom. The zero-order valence-corrected chi connectivity index (χ0v) is 10.3. The molecule has 0 saturated carbocycles. The molecule has 0 radical (unpaired) electrons. The van der Waals surface area contributed by atoms with Crippen molar-refractivity contribution in [3.63, 3.8) is 0 Å². The number of aromatic nitrogens is 3. The molecule has 0 aliphatic heterocycles. The number of methoxy groups -OCH3 is 1. The summed E-state index contributed by atoms with van der Waals surface area (Å²) in [6.07, 6.45) is 4.89. The minimum Gasteiger partial charge on any atom is -0.481 e. The van der Waals surface area contributed by atoms with Crippen LogP contribution in [0.2, 0.25) is 0 Å². The van der Waals surface area contributed by atoms with E-state index < -0.39 is 0 Å². The van der Waals surface area contributed by atoms with Crippen LogP contribution in [0, 0.1) is 0 Å². The van der Waals surface area contributed by atoms with Crippen LogP contribution in [-0.2, 0) is 13.6 Å². The van der Waals surface area contributed by atoms with Crippen LogP contribution in [0.3, 0.4) is 0 Å². The van der Waals surface area contributed by atoms with Gasteiger partial charge in [-0.15, -0.1) is 0 Å². The molecule has 0 aliphatic carbocycles. The van der Waals surface area contributed by atoms with Crippen LogP contribution in [0.15, 0.2) is 35.5 Å². The molecule has 2 rings (SSSR count). The minimum atomic E-state index is -0.154. The molecule has 94 valence electrons. The smallest absolute Gasteiger partial charge is 0.293 e. The molecule has 0 aromatic carbocycles. The van der Waals surface area contributed by atoms with Crippen molar-refractivity contribution in [3.05, 3.63) is 46.6 Å². The summed E-state index contributed by atoms with van der Waals surface area (Å²) < 4.78 is 6.44. The number of anilines is 1. The molecule has 0 atom stereocenters. The third kappa shape index (κ3) is 2.65. The lowest BCUT2D eigenvalue weighted by Gasteiger charge is -2.06. The van der Waals surface area contributed by atoms with Gasteiger partial charge in [0.05, 0.1) is 7.11 Å². The Morgan fingerprint density at radius 2 is 2.22 bits per heavy atom. The first kappa shape index (κ1) is 12.1. The molecule has 2 heterocycles. The molecular formula is C12H14N4O2. The molecule has 2 aromatic rings. The normalized spacial score (nSPS) is 10.1. The summed E-state index contributed by atoms with van der Waals surface area (Å²) in [5.41, 5.74) is 0.794. The van der Waals surface area contributed by atoms with Crippen molar-refractivity contribution in [3.8, 4) is 5.88 Å². The molecule has 1 N–H and O–H groups in total. The van der Waals surface area contributed by atoms with Crippen LogP contribution in [0.1, 0.15) is 5.56 Å². The fourth-order valence-electron chi connectivity index (χ4n) is 1.44. The number of rotatable bonds is 4. The SMILES string of the molecule is COc1ccc(CNc2nccn(C)c2=O)cn1. The average molecular weight is 246 g/mol. The van der Waals surface area contributed by atoms with Crippen LogP contribution < -0.4 is 15.6 Å². The monoisotopic (exact) mass is 246 g/mol. The van der Waals surface area contributed by atoms with E-state index in [9.17, 15) is 4.79 Å². The van der Waals surface area contributed by atoms with E-state index in [1.165, 1.54) is 4.57 Å². The highest BCUT2D eigenvalue weighted by atomic mass is 16.5. The number of pyridine rings is 1. The quantitative estimate of drug-likeness (QED) is 0.864. The van der Waals surface area contributed by atoms with Gasteiger partial charge in [0.1, 0.15) is 0 Å². The molecule has 0 aliphatic rings. The summed E-state index contributed by atoms with van der Waals surface area (Å²) in [4.78, 5) is 19.8. The molecular weight excluding hydrogens is 232 g/mol.